The van der Waals surface area contributed by atoms with Gasteiger partial charge in [0, 0.05) is 11.8 Å². The van der Waals surface area contributed by atoms with E-state index in [1.165, 1.54) is 4.90 Å². The van der Waals surface area contributed by atoms with Crippen molar-refractivity contribution in [2.24, 2.45) is 23.7 Å². The number of imide groups is 1. The molecular weight excluding hydrogens is 506 g/mol. The number of methoxy groups -OCH3 is 2. The fourth-order valence-electron chi connectivity index (χ4n) is 6.40. The third-order valence-corrected chi connectivity index (χ3v) is 8.10. The second kappa shape index (κ2) is 10.2. The quantitative estimate of drug-likeness (QED) is 0.232. The molecule has 1 aliphatic heterocycles. The largest absolute Gasteiger partial charge is 0.497 e. The highest BCUT2D eigenvalue weighted by Crippen LogP contribution is 2.59. The molecule has 3 aromatic rings. The number of carbonyl (C=O) groups excluding carboxylic acids is 3. The zero-order valence-corrected chi connectivity index (χ0v) is 22.5. The van der Waals surface area contributed by atoms with Crippen molar-refractivity contribution in [1.82, 2.24) is 0 Å². The number of rotatable bonds is 7. The Kier molecular flexibility index (Phi) is 6.50. The molecule has 202 valence electrons. The molecule has 0 aromatic heterocycles. The zero-order chi connectivity index (χ0) is 28.0. The number of nitrogens with zero attached hydrogens (tertiary/aromatic N) is 1. The second-order valence-electron chi connectivity index (χ2n) is 10.0. The average Bonchev–Trinajstić information content (AvgIpc) is 3.62. The van der Waals surface area contributed by atoms with Gasteiger partial charge in [-0.25, -0.2) is 9.69 Å². The van der Waals surface area contributed by atoms with Crippen molar-refractivity contribution < 1.29 is 28.6 Å². The standard InChI is InChI=1S/C33H29NO6/c1-4-40-33(37)23-7-5-6-8-26(23)34-31(35)29-24-17-18-25(30(29)32(34)36)28(24)27(19-9-13-21(38-2)14-10-19)20-11-15-22(39-3)16-12-20/h5-18,24-25,29-30H,4H2,1-3H3/t24-,25-,29-,30+/m1/s1. The Bertz CT molecular complexity index is 1470. The van der Waals surface area contributed by atoms with Gasteiger partial charge in [0.2, 0.25) is 11.8 Å². The van der Waals surface area contributed by atoms with Gasteiger partial charge in [-0.2, -0.15) is 0 Å². The van der Waals surface area contributed by atoms with Crippen LogP contribution in [0.2, 0.25) is 0 Å². The predicted molar refractivity (Wildman–Crippen MR) is 150 cm³/mol. The van der Waals surface area contributed by atoms with Crippen molar-refractivity contribution in [1.29, 1.82) is 0 Å². The third kappa shape index (κ3) is 3.92. The molecule has 2 bridgehead atoms. The molecule has 1 heterocycles. The number of hydrogen-bond acceptors (Lipinski definition) is 6. The van der Waals surface area contributed by atoms with Crippen LogP contribution in [-0.4, -0.2) is 38.6 Å². The van der Waals surface area contributed by atoms with E-state index < -0.39 is 17.8 Å². The van der Waals surface area contributed by atoms with Crippen molar-refractivity contribution >= 4 is 29.0 Å². The van der Waals surface area contributed by atoms with Gasteiger partial charge in [0.15, 0.2) is 0 Å². The maximum atomic E-state index is 14.0. The first-order valence-corrected chi connectivity index (χ1v) is 13.3. The minimum absolute atomic E-state index is 0.196. The summed E-state index contributed by atoms with van der Waals surface area (Å²) in [6, 6.07) is 22.3. The van der Waals surface area contributed by atoms with E-state index in [9.17, 15) is 14.4 Å². The molecule has 3 aromatic carbocycles. The lowest BCUT2D eigenvalue weighted by Gasteiger charge is -2.23. The van der Waals surface area contributed by atoms with Crippen LogP contribution in [-0.2, 0) is 14.3 Å². The first-order chi connectivity index (χ1) is 19.5. The summed E-state index contributed by atoms with van der Waals surface area (Å²) in [5, 5.41) is 0. The summed E-state index contributed by atoms with van der Waals surface area (Å²) in [6.07, 6.45) is 4.11. The number of anilines is 1. The number of para-hydroxylation sites is 1. The van der Waals surface area contributed by atoms with E-state index >= 15 is 0 Å². The van der Waals surface area contributed by atoms with Gasteiger partial charge in [-0.3, -0.25) is 9.59 Å². The second-order valence-corrected chi connectivity index (χ2v) is 10.0. The summed E-state index contributed by atoms with van der Waals surface area (Å²) in [7, 11) is 3.26. The molecule has 0 unspecified atom stereocenters. The summed E-state index contributed by atoms with van der Waals surface area (Å²) in [5.74, 6) is -1.22. The van der Waals surface area contributed by atoms with Crippen LogP contribution < -0.4 is 14.4 Å². The smallest absolute Gasteiger partial charge is 0.340 e. The molecule has 1 saturated heterocycles. The van der Waals surface area contributed by atoms with Crippen LogP contribution in [0.1, 0.15) is 28.4 Å². The minimum Gasteiger partial charge on any atom is -0.497 e. The van der Waals surface area contributed by atoms with Crippen molar-refractivity contribution in [2.45, 2.75) is 6.92 Å². The summed E-state index contributed by atoms with van der Waals surface area (Å²) < 4.78 is 16.0. The number of ether oxygens (including phenoxy) is 3. The van der Waals surface area contributed by atoms with E-state index in [2.05, 4.69) is 12.2 Å². The zero-order valence-electron chi connectivity index (χ0n) is 22.5. The number of fused-ring (bicyclic) bond motifs is 5. The Morgan fingerprint density at radius 3 is 1.73 bits per heavy atom. The third-order valence-electron chi connectivity index (χ3n) is 8.10. The molecule has 40 heavy (non-hydrogen) atoms. The Morgan fingerprint density at radius 1 is 0.750 bits per heavy atom. The molecule has 7 heteroatoms. The lowest BCUT2D eigenvalue weighted by atomic mass is 9.85. The average molecular weight is 536 g/mol. The highest BCUT2D eigenvalue weighted by Gasteiger charge is 2.62. The number of hydrogen-bond donors (Lipinski definition) is 0. The maximum Gasteiger partial charge on any atom is 0.340 e. The SMILES string of the molecule is CCOC(=O)c1ccccc1N1C(=O)[C@@H]2[C@H](C1=O)[C@@H]1C=C[C@@H]2C1=C(c1ccc(OC)cc1)c1ccc(OC)cc1. The molecule has 1 saturated carbocycles. The van der Waals surface area contributed by atoms with Gasteiger partial charge in [0.25, 0.3) is 0 Å². The van der Waals surface area contributed by atoms with Crippen molar-refractivity contribution in [3.63, 3.8) is 0 Å². The normalized spacial score (nSPS) is 22.5. The number of carbonyl (C=O) groups is 3. The number of amides is 2. The molecule has 2 fully saturated rings. The lowest BCUT2D eigenvalue weighted by molar-refractivity contribution is -0.122. The Hall–Kier alpha value is -4.65. The minimum atomic E-state index is -0.557. The number of esters is 1. The van der Waals surface area contributed by atoms with E-state index in [1.54, 1.807) is 45.4 Å². The lowest BCUT2D eigenvalue weighted by Crippen LogP contribution is -2.34. The molecule has 0 N–H and O–H groups in total. The summed E-state index contributed by atoms with van der Waals surface area (Å²) in [4.78, 5) is 41.8. The van der Waals surface area contributed by atoms with Gasteiger partial charge in [0.1, 0.15) is 11.5 Å². The molecule has 2 aliphatic carbocycles. The van der Waals surface area contributed by atoms with Gasteiger partial charge in [-0.05, 0) is 65.6 Å². The van der Waals surface area contributed by atoms with Crippen LogP contribution in [0.15, 0.2) is 90.5 Å². The van der Waals surface area contributed by atoms with Crippen molar-refractivity contribution in [3.05, 3.63) is 107 Å². The van der Waals surface area contributed by atoms with E-state index in [0.29, 0.717) is 0 Å². The van der Waals surface area contributed by atoms with Gasteiger partial charge >= 0.3 is 5.97 Å². The molecule has 0 radical (unpaired) electrons. The van der Waals surface area contributed by atoms with Crippen molar-refractivity contribution in [2.75, 3.05) is 25.7 Å². The topological polar surface area (TPSA) is 82.1 Å². The van der Waals surface area contributed by atoms with Crippen LogP contribution in [0.4, 0.5) is 5.69 Å². The highest BCUT2D eigenvalue weighted by molar-refractivity contribution is 6.25. The van der Waals surface area contributed by atoms with Gasteiger partial charge in [-0.15, -0.1) is 0 Å². The first kappa shape index (κ1) is 25.6. The molecule has 4 atom stereocenters. The fourth-order valence-corrected chi connectivity index (χ4v) is 6.40. The molecular formula is C33H29NO6. The van der Waals surface area contributed by atoms with Crippen LogP contribution in [0, 0.1) is 23.7 Å². The predicted octanol–water partition coefficient (Wildman–Crippen LogP) is 5.30. The molecule has 3 aliphatic rings. The maximum absolute atomic E-state index is 14.0. The Balaban J connectivity index is 1.45. The highest BCUT2D eigenvalue weighted by atomic mass is 16.5. The molecule has 0 spiro atoms. The fraction of sp³-hybridized carbons (Fsp3) is 0.242. The van der Waals surface area contributed by atoms with Crippen LogP contribution in [0.3, 0.4) is 0 Å². The van der Waals surface area contributed by atoms with Crippen LogP contribution in [0.25, 0.3) is 5.57 Å². The summed E-state index contributed by atoms with van der Waals surface area (Å²) in [6.45, 7) is 1.92. The number of allylic oxidation sites excluding steroid dienone is 3. The first-order valence-electron chi connectivity index (χ1n) is 13.3. The van der Waals surface area contributed by atoms with Gasteiger partial charge in [0.05, 0.1) is 43.9 Å². The molecule has 7 nitrogen and oxygen atoms in total. The Labute approximate surface area is 232 Å². The molecule has 2 amide bonds. The number of benzene rings is 3. The van der Waals surface area contributed by atoms with E-state index in [4.69, 9.17) is 14.2 Å². The van der Waals surface area contributed by atoms with Crippen molar-refractivity contribution in [3.8, 4) is 11.5 Å². The van der Waals surface area contributed by atoms with E-state index in [1.807, 2.05) is 48.5 Å². The summed E-state index contributed by atoms with van der Waals surface area (Å²) >= 11 is 0. The van der Waals surface area contributed by atoms with Crippen LogP contribution in [0.5, 0.6) is 11.5 Å². The summed E-state index contributed by atoms with van der Waals surface area (Å²) in [5.41, 5.74) is 4.50. The monoisotopic (exact) mass is 535 g/mol. The van der Waals surface area contributed by atoms with Crippen LogP contribution >= 0.6 is 0 Å². The van der Waals surface area contributed by atoms with E-state index in [-0.39, 0.29) is 41.5 Å². The van der Waals surface area contributed by atoms with Gasteiger partial charge < -0.3 is 14.2 Å². The van der Waals surface area contributed by atoms with E-state index in [0.717, 1.165) is 33.8 Å². The van der Waals surface area contributed by atoms with Gasteiger partial charge in [-0.1, -0.05) is 48.6 Å². The Morgan fingerprint density at radius 2 is 1.25 bits per heavy atom. The molecule has 6 rings (SSSR count).